The first-order valence-electron chi connectivity index (χ1n) is 5.81. The van der Waals surface area contributed by atoms with Crippen molar-refractivity contribution in [1.82, 2.24) is 10.3 Å². The molecule has 0 aromatic carbocycles. The normalized spacial score (nSPS) is 17.2. The fourth-order valence-electron chi connectivity index (χ4n) is 2.24. The van der Waals surface area contributed by atoms with Crippen molar-refractivity contribution in [3.8, 4) is 0 Å². The second-order valence-electron chi connectivity index (χ2n) is 4.54. The van der Waals surface area contributed by atoms with Crippen molar-refractivity contribution in [1.29, 1.82) is 0 Å². The molecule has 0 saturated heterocycles. The summed E-state index contributed by atoms with van der Waals surface area (Å²) in [6, 6.07) is 1.52. The second-order valence-corrected chi connectivity index (χ2v) is 5.81. The second kappa shape index (κ2) is 5.46. The first-order chi connectivity index (χ1) is 8.94. The Balaban J connectivity index is 2.25. The summed E-state index contributed by atoms with van der Waals surface area (Å²) in [5, 5.41) is 12.0. The van der Waals surface area contributed by atoms with Crippen molar-refractivity contribution in [2.24, 2.45) is 0 Å². The number of pyridine rings is 1. The van der Waals surface area contributed by atoms with Gasteiger partial charge >= 0.3 is 5.97 Å². The van der Waals surface area contributed by atoms with Crippen LogP contribution in [0.3, 0.4) is 0 Å². The highest BCUT2D eigenvalue weighted by molar-refractivity contribution is 9.10. The summed E-state index contributed by atoms with van der Waals surface area (Å²) in [4.78, 5) is 27.4. The highest BCUT2D eigenvalue weighted by Gasteiger charge is 2.43. The van der Waals surface area contributed by atoms with Crippen LogP contribution in [0.1, 0.15) is 36.0 Å². The smallest absolute Gasteiger partial charge is 0.329 e. The number of aromatic nitrogens is 1. The fraction of sp³-hybridized carbons (Fsp3) is 0.417. The largest absolute Gasteiger partial charge is 0.480 e. The lowest BCUT2D eigenvalue weighted by Gasteiger charge is -2.25. The lowest BCUT2D eigenvalue weighted by atomic mass is 9.97. The summed E-state index contributed by atoms with van der Waals surface area (Å²) in [5.74, 6) is -1.51. The van der Waals surface area contributed by atoms with Crippen LogP contribution in [0.15, 0.2) is 16.7 Å². The van der Waals surface area contributed by atoms with Crippen molar-refractivity contribution in [3.63, 3.8) is 0 Å². The highest BCUT2D eigenvalue weighted by atomic mass is 79.9. The van der Waals surface area contributed by atoms with Crippen molar-refractivity contribution in [2.75, 3.05) is 0 Å². The Labute approximate surface area is 123 Å². The standard InChI is InChI=1S/C12H12BrClN2O3/c13-7-5-8(9(14)15-6-7)10(17)16-12(11(18)19)3-1-2-4-12/h5-6H,1-4H2,(H,16,17)(H,18,19). The van der Waals surface area contributed by atoms with Gasteiger partial charge in [-0.2, -0.15) is 0 Å². The number of halogens is 2. The topological polar surface area (TPSA) is 79.3 Å². The van der Waals surface area contributed by atoms with Gasteiger partial charge in [0, 0.05) is 10.7 Å². The van der Waals surface area contributed by atoms with Gasteiger partial charge in [-0.25, -0.2) is 9.78 Å². The maximum Gasteiger partial charge on any atom is 0.329 e. The van der Waals surface area contributed by atoms with E-state index < -0.39 is 17.4 Å². The maximum atomic E-state index is 12.2. The summed E-state index contributed by atoms with van der Waals surface area (Å²) in [7, 11) is 0. The third-order valence-electron chi connectivity index (χ3n) is 3.27. The van der Waals surface area contributed by atoms with E-state index in [2.05, 4.69) is 26.2 Å². The number of hydrogen-bond donors (Lipinski definition) is 2. The molecule has 1 aromatic rings. The molecule has 1 amide bonds. The van der Waals surface area contributed by atoms with Crippen LogP contribution in [0.2, 0.25) is 5.15 Å². The SMILES string of the molecule is O=C(NC1(C(=O)O)CCCC1)c1cc(Br)cnc1Cl. The molecule has 1 saturated carbocycles. The molecular formula is C12H12BrClN2O3. The van der Waals surface area contributed by atoms with Crippen molar-refractivity contribution < 1.29 is 14.7 Å². The molecule has 1 aliphatic carbocycles. The molecule has 1 aromatic heterocycles. The summed E-state index contributed by atoms with van der Waals surface area (Å²) >= 11 is 9.06. The van der Waals surface area contributed by atoms with Gasteiger partial charge in [-0.3, -0.25) is 4.79 Å². The summed E-state index contributed by atoms with van der Waals surface area (Å²) < 4.78 is 0.609. The summed E-state index contributed by atoms with van der Waals surface area (Å²) in [6.07, 6.45) is 3.93. The molecule has 102 valence electrons. The maximum absolute atomic E-state index is 12.2. The van der Waals surface area contributed by atoms with Crippen LogP contribution >= 0.6 is 27.5 Å². The molecule has 0 radical (unpaired) electrons. The van der Waals surface area contributed by atoms with Crippen LogP contribution in [0.5, 0.6) is 0 Å². The average Bonchev–Trinajstić information content (AvgIpc) is 2.82. The van der Waals surface area contributed by atoms with Gasteiger partial charge in [-0.1, -0.05) is 24.4 Å². The zero-order valence-corrected chi connectivity index (χ0v) is 12.3. The molecular weight excluding hydrogens is 336 g/mol. The molecule has 1 fully saturated rings. The molecule has 2 N–H and O–H groups in total. The highest BCUT2D eigenvalue weighted by Crippen LogP contribution is 2.30. The lowest BCUT2D eigenvalue weighted by Crippen LogP contribution is -2.52. The third-order valence-corrected chi connectivity index (χ3v) is 4.00. The van der Waals surface area contributed by atoms with Crippen LogP contribution in [-0.2, 0) is 4.79 Å². The Morgan fingerprint density at radius 3 is 2.63 bits per heavy atom. The predicted octanol–water partition coefficient (Wildman–Crippen LogP) is 2.62. The zero-order chi connectivity index (χ0) is 14.0. The Bertz CT molecular complexity index is 530. The molecule has 19 heavy (non-hydrogen) atoms. The number of carboxylic acid groups (broad SMARTS) is 1. The van der Waals surface area contributed by atoms with Gasteiger partial charge in [0.25, 0.3) is 5.91 Å². The fourth-order valence-corrected chi connectivity index (χ4v) is 2.76. The number of aliphatic carboxylic acids is 1. The molecule has 0 spiro atoms. The van der Waals surface area contributed by atoms with E-state index in [1.807, 2.05) is 0 Å². The molecule has 0 unspecified atom stereocenters. The number of carbonyl (C=O) groups excluding carboxylic acids is 1. The van der Waals surface area contributed by atoms with E-state index in [-0.39, 0.29) is 10.7 Å². The molecule has 1 heterocycles. The first-order valence-corrected chi connectivity index (χ1v) is 6.99. The van der Waals surface area contributed by atoms with E-state index in [9.17, 15) is 14.7 Å². The van der Waals surface area contributed by atoms with Gasteiger partial charge in [-0.15, -0.1) is 0 Å². The Kier molecular flexibility index (Phi) is 4.10. The van der Waals surface area contributed by atoms with Crippen LogP contribution in [0, 0.1) is 0 Å². The molecule has 1 aliphatic rings. The number of amides is 1. The molecule has 0 aliphatic heterocycles. The van der Waals surface area contributed by atoms with Crippen LogP contribution in [-0.4, -0.2) is 27.5 Å². The van der Waals surface area contributed by atoms with E-state index in [0.717, 1.165) is 12.8 Å². The number of nitrogens with zero attached hydrogens (tertiary/aromatic N) is 1. The Morgan fingerprint density at radius 1 is 1.42 bits per heavy atom. The summed E-state index contributed by atoms with van der Waals surface area (Å²) in [5.41, 5.74) is -1.01. The monoisotopic (exact) mass is 346 g/mol. The number of carboxylic acids is 1. The summed E-state index contributed by atoms with van der Waals surface area (Å²) in [6.45, 7) is 0. The Hall–Kier alpha value is -1.14. The van der Waals surface area contributed by atoms with Gasteiger partial charge in [0.1, 0.15) is 10.7 Å². The van der Waals surface area contributed by atoms with E-state index in [0.29, 0.717) is 17.3 Å². The van der Waals surface area contributed by atoms with Crippen LogP contribution in [0.4, 0.5) is 0 Å². The molecule has 0 atom stereocenters. The van der Waals surface area contributed by atoms with Gasteiger partial charge in [0.2, 0.25) is 0 Å². The van der Waals surface area contributed by atoms with Crippen molar-refractivity contribution in [3.05, 3.63) is 27.5 Å². The number of hydrogen-bond acceptors (Lipinski definition) is 3. The minimum atomic E-state index is -1.18. The Morgan fingerprint density at radius 2 is 2.05 bits per heavy atom. The van der Waals surface area contributed by atoms with Crippen molar-refractivity contribution >= 4 is 39.4 Å². The molecule has 0 bridgehead atoms. The number of rotatable bonds is 3. The van der Waals surface area contributed by atoms with Gasteiger partial charge < -0.3 is 10.4 Å². The minimum Gasteiger partial charge on any atom is -0.480 e. The van der Waals surface area contributed by atoms with Crippen LogP contribution in [0.25, 0.3) is 0 Å². The molecule has 7 heteroatoms. The first kappa shape index (κ1) is 14.3. The van der Waals surface area contributed by atoms with Gasteiger partial charge in [0.05, 0.1) is 5.56 Å². The average molecular weight is 348 g/mol. The minimum absolute atomic E-state index is 0.0548. The zero-order valence-electron chi connectivity index (χ0n) is 9.95. The van der Waals surface area contributed by atoms with E-state index in [1.165, 1.54) is 12.3 Å². The molecule has 2 rings (SSSR count). The van der Waals surface area contributed by atoms with E-state index >= 15 is 0 Å². The quantitative estimate of drug-likeness (QED) is 0.824. The predicted molar refractivity (Wildman–Crippen MR) is 73.2 cm³/mol. The van der Waals surface area contributed by atoms with Gasteiger partial charge in [0.15, 0.2) is 0 Å². The lowest BCUT2D eigenvalue weighted by molar-refractivity contribution is -0.144. The van der Waals surface area contributed by atoms with E-state index in [1.54, 1.807) is 0 Å². The molecule has 5 nitrogen and oxygen atoms in total. The van der Waals surface area contributed by atoms with Gasteiger partial charge in [-0.05, 0) is 34.8 Å². The van der Waals surface area contributed by atoms with Crippen molar-refractivity contribution in [2.45, 2.75) is 31.2 Å². The van der Waals surface area contributed by atoms with E-state index in [4.69, 9.17) is 11.6 Å². The third kappa shape index (κ3) is 2.90. The number of carbonyl (C=O) groups is 2. The number of nitrogens with one attached hydrogen (secondary N) is 1. The van der Waals surface area contributed by atoms with Crippen LogP contribution < -0.4 is 5.32 Å².